The Balaban J connectivity index is 1.47. The van der Waals surface area contributed by atoms with E-state index in [0.717, 1.165) is 29.8 Å². The number of carbonyl (C=O) groups is 2. The average Bonchev–Trinajstić information content (AvgIpc) is 3.47. The fourth-order valence-electron chi connectivity index (χ4n) is 10.6. The summed E-state index contributed by atoms with van der Waals surface area (Å²) in [6, 6.07) is 2.13. The van der Waals surface area contributed by atoms with Crippen LogP contribution in [0.25, 0.3) is 0 Å². The number of thiazole rings is 1. The van der Waals surface area contributed by atoms with Crippen LogP contribution < -0.4 is 4.72 Å². The molecule has 0 aromatic carbocycles. The highest BCUT2D eigenvalue weighted by Crippen LogP contribution is 2.75. The van der Waals surface area contributed by atoms with Gasteiger partial charge in [0, 0.05) is 39.3 Å². The summed E-state index contributed by atoms with van der Waals surface area (Å²) in [4.78, 5) is 31.9. The largest absolute Gasteiger partial charge is 0.381 e. The summed E-state index contributed by atoms with van der Waals surface area (Å²) in [5.41, 5.74) is -4.74. The normalized spacial score (nSPS) is 45.5. The molecule has 0 amide bonds. The molecule has 0 bridgehead atoms. The third-order valence-corrected chi connectivity index (χ3v) is 16.1. The average molecular weight is 626 g/mol. The number of fused-ring (bicyclic) bond motifs is 7. The Labute approximate surface area is 259 Å². The summed E-state index contributed by atoms with van der Waals surface area (Å²) in [6.07, 6.45) is 9.41. The molecular weight excluding hydrogens is 583 g/mol. The highest BCUT2D eigenvalue weighted by Gasteiger charge is 2.75. The molecule has 232 valence electrons. The molecule has 0 radical (unpaired) electrons. The molecule has 3 saturated carbocycles. The van der Waals surface area contributed by atoms with E-state index in [1.165, 1.54) is 6.20 Å². The zero-order valence-electron chi connectivity index (χ0n) is 26.2. The molecule has 3 fully saturated rings. The predicted molar refractivity (Wildman–Crippen MR) is 163 cm³/mol. The van der Waals surface area contributed by atoms with Crippen LogP contribution in [-0.4, -0.2) is 41.2 Å². The lowest BCUT2D eigenvalue weighted by Crippen LogP contribution is -2.74. The number of nitriles is 1. The first kappa shape index (κ1) is 30.8. The van der Waals surface area contributed by atoms with E-state index in [2.05, 4.69) is 43.5 Å². The molecule has 8 atom stereocenters. The van der Waals surface area contributed by atoms with Crippen LogP contribution in [0.15, 0.2) is 39.2 Å². The number of hydrogen-bond donors (Lipinski definition) is 2. The molecule has 1 aromatic rings. The molecule has 0 unspecified atom stereocenters. The van der Waals surface area contributed by atoms with Gasteiger partial charge >= 0.3 is 0 Å². The van der Waals surface area contributed by atoms with Crippen molar-refractivity contribution in [3.8, 4) is 6.07 Å². The van der Waals surface area contributed by atoms with Gasteiger partial charge in [-0.3, -0.25) is 9.59 Å². The molecule has 0 aliphatic heterocycles. The van der Waals surface area contributed by atoms with Crippen LogP contribution in [0.2, 0.25) is 0 Å². The minimum atomic E-state index is -3.87. The van der Waals surface area contributed by atoms with Crippen LogP contribution in [0, 0.1) is 50.2 Å². The Hall–Kier alpha value is -2.19. The van der Waals surface area contributed by atoms with Crippen molar-refractivity contribution in [2.24, 2.45) is 38.9 Å². The second-order valence-corrected chi connectivity index (χ2v) is 18.6. The molecule has 0 saturated heterocycles. The van der Waals surface area contributed by atoms with E-state index in [0.29, 0.717) is 32.1 Å². The van der Waals surface area contributed by atoms with E-state index in [1.54, 1.807) is 17.5 Å². The Morgan fingerprint density at radius 3 is 2.33 bits per heavy atom. The molecule has 1 heterocycles. The van der Waals surface area contributed by atoms with Crippen molar-refractivity contribution in [1.82, 2.24) is 9.71 Å². The summed E-state index contributed by atoms with van der Waals surface area (Å²) >= 11 is 1.06. The lowest BCUT2D eigenvalue weighted by Gasteiger charge is -2.71. The van der Waals surface area contributed by atoms with Crippen molar-refractivity contribution < 1.29 is 23.1 Å². The van der Waals surface area contributed by atoms with Crippen LogP contribution in [-0.2, 0) is 19.6 Å². The lowest BCUT2D eigenvalue weighted by atomic mass is 9.33. The second kappa shape index (κ2) is 8.96. The predicted octanol–water partition coefficient (Wildman–Crippen LogP) is 5.51. The topological polar surface area (TPSA) is 137 Å². The van der Waals surface area contributed by atoms with Gasteiger partial charge in [-0.15, -0.1) is 11.3 Å². The summed E-state index contributed by atoms with van der Waals surface area (Å²) in [7, 11) is -3.87. The smallest absolute Gasteiger partial charge is 0.268 e. The Morgan fingerprint density at radius 1 is 1.02 bits per heavy atom. The van der Waals surface area contributed by atoms with E-state index in [9.17, 15) is 28.4 Å². The number of allylic oxidation sites excluding steroid dienone is 3. The van der Waals surface area contributed by atoms with E-state index < -0.39 is 48.7 Å². The SMILES string of the molecule is CC1(C)C(=O)C(C#N)=C[C@]2(C)C3=CC(=O)[C@]4(O)[C@@H]5C[C@@](C)(NS(=O)(=O)c6nccs6)CC[C@@]5(C)CC[C@@]4(C)[C@]3(C)CC[C@@H]12. The Morgan fingerprint density at radius 2 is 1.70 bits per heavy atom. The molecule has 43 heavy (non-hydrogen) atoms. The number of ketones is 2. The molecule has 2 N–H and O–H groups in total. The number of aliphatic hydroxyl groups is 1. The van der Waals surface area contributed by atoms with Crippen molar-refractivity contribution in [1.29, 1.82) is 5.26 Å². The highest BCUT2D eigenvalue weighted by molar-refractivity contribution is 7.91. The minimum Gasteiger partial charge on any atom is -0.381 e. The van der Waals surface area contributed by atoms with Crippen LogP contribution >= 0.6 is 11.3 Å². The quantitative estimate of drug-likeness (QED) is 0.452. The van der Waals surface area contributed by atoms with Gasteiger partial charge in [0.1, 0.15) is 11.7 Å². The summed E-state index contributed by atoms with van der Waals surface area (Å²) in [5, 5.41) is 24.6. The Bertz CT molecular complexity index is 1640. The number of nitrogens with zero attached hydrogens (tertiary/aromatic N) is 2. The van der Waals surface area contributed by atoms with Crippen LogP contribution in [0.3, 0.4) is 0 Å². The molecular formula is C33H43N3O5S2. The van der Waals surface area contributed by atoms with Gasteiger partial charge in [-0.25, -0.2) is 18.1 Å². The van der Waals surface area contributed by atoms with Gasteiger partial charge in [0.15, 0.2) is 11.6 Å². The first-order valence-corrected chi connectivity index (χ1v) is 17.7. The molecule has 6 rings (SSSR count). The number of carbonyl (C=O) groups excluding carboxylic acids is 2. The van der Waals surface area contributed by atoms with E-state index in [-0.39, 0.29) is 32.8 Å². The van der Waals surface area contributed by atoms with Crippen molar-refractivity contribution in [2.45, 2.75) is 109 Å². The van der Waals surface area contributed by atoms with Crippen LogP contribution in [0.4, 0.5) is 0 Å². The molecule has 0 spiro atoms. The number of rotatable bonds is 3. The first-order valence-electron chi connectivity index (χ1n) is 15.3. The number of nitrogens with one attached hydrogen (secondary N) is 1. The van der Waals surface area contributed by atoms with Crippen LogP contribution in [0.1, 0.15) is 93.4 Å². The molecule has 8 nitrogen and oxygen atoms in total. The molecule has 5 aliphatic rings. The minimum absolute atomic E-state index is 0.00627. The van der Waals surface area contributed by atoms with Crippen molar-refractivity contribution >= 4 is 32.9 Å². The van der Waals surface area contributed by atoms with Crippen LogP contribution in [0.5, 0.6) is 0 Å². The molecule has 5 aliphatic carbocycles. The number of hydrogen-bond acceptors (Lipinski definition) is 8. The van der Waals surface area contributed by atoms with Gasteiger partial charge in [0.05, 0.1) is 5.57 Å². The van der Waals surface area contributed by atoms with E-state index in [1.807, 2.05) is 20.8 Å². The van der Waals surface area contributed by atoms with Crippen molar-refractivity contribution in [2.75, 3.05) is 0 Å². The van der Waals surface area contributed by atoms with Gasteiger partial charge in [0.2, 0.25) is 4.34 Å². The van der Waals surface area contributed by atoms with Gasteiger partial charge < -0.3 is 5.11 Å². The maximum Gasteiger partial charge on any atom is 0.268 e. The van der Waals surface area contributed by atoms with Crippen molar-refractivity contribution in [3.63, 3.8) is 0 Å². The fraction of sp³-hybridized carbons (Fsp3) is 0.697. The van der Waals surface area contributed by atoms with Gasteiger partial charge in [-0.1, -0.05) is 47.6 Å². The monoisotopic (exact) mass is 625 g/mol. The summed E-state index contributed by atoms with van der Waals surface area (Å²) < 4.78 is 29.5. The summed E-state index contributed by atoms with van der Waals surface area (Å²) in [5.74, 6) is -1.05. The lowest BCUT2D eigenvalue weighted by molar-refractivity contribution is -0.239. The maximum atomic E-state index is 14.6. The fourth-order valence-corrected chi connectivity index (χ4v) is 12.8. The van der Waals surface area contributed by atoms with Gasteiger partial charge in [-0.05, 0) is 80.3 Å². The number of aromatic nitrogens is 1. The molecule has 1 aromatic heterocycles. The third kappa shape index (κ3) is 3.77. The summed E-state index contributed by atoms with van der Waals surface area (Å²) in [6.45, 7) is 14.1. The zero-order chi connectivity index (χ0) is 31.6. The zero-order valence-corrected chi connectivity index (χ0v) is 27.8. The standard InChI is InChI=1S/C33H43N3O5S2/c1-27(2)21-8-9-31(6)22(30(21,5)17-20(19-34)25(27)38)16-24(37)33(39)23-18-29(4,36-43(40,41)26-35-14-15-42-26)12-10-28(23,3)11-13-32(31,33)7/h14-17,21,23,36,39H,8-13,18H2,1-7H3/t21-,23+,28-,29-,30-,31+,32-,33+/m0/s1. The Kier molecular flexibility index (Phi) is 6.42. The van der Waals surface area contributed by atoms with E-state index >= 15 is 0 Å². The highest BCUT2D eigenvalue weighted by atomic mass is 32.2. The van der Waals surface area contributed by atoms with Gasteiger partial charge in [0.25, 0.3) is 10.0 Å². The third-order valence-electron chi connectivity index (χ3n) is 13.3. The number of Topliss-reactive ketones (excluding diaryl/α,β-unsaturated/α-hetero) is 1. The van der Waals surface area contributed by atoms with Crippen molar-refractivity contribution in [3.05, 3.63) is 34.9 Å². The second-order valence-electron chi connectivity index (χ2n) is 15.8. The molecule has 10 heteroatoms. The van der Waals surface area contributed by atoms with E-state index in [4.69, 9.17) is 0 Å². The first-order chi connectivity index (χ1) is 19.7. The number of sulfonamides is 1. The van der Waals surface area contributed by atoms with Gasteiger partial charge in [-0.2, -0.15) is 5.26 Å². The maximum absolute atomic E-state index is 14.6.